The Balaban J connectivity index is 2.44. The van der Waals surface area contributed by atoms with Gasteiger partial charge in [-0.1, -0.05) is 5.92 Å². The molecule has 1 fully saturated rings. The minimum absolute atomic E-state index is 0.0558. The van der Waals surface area contributed by atoms with Gasteiger partial charge in [0.05, 0.1) is 19.5 Å². The van der Waals surface area contributed by atoms with E-state index in [4.69, 9.17) is 15.9 Å². The first kappa shape index (κ1) is 16.3. The van der Waals surface area contributed by atoms with Gasteiger partial charge in [-0.15, -0.1) is 18.2 Å². The maximum atomic E-state index is 12.4. The fourth-order valence-electron chi connectivity index (χ4n) is 2.20. The fourth-order valence-corrected chi connectivity index (χ4v) is 4.34. The number of rotatable bonds is 4. The summed E-state index contributed by atoms with van der Waals surface area (Å²) in [5, 5.41) is -0.265. The number of terminal acetylenes is 1. The molecule has 2 rings (SSSR count). The van der Waals surface area contributed by atoms with E-state index in [1.54, 1.807) is 30.9 Å². The Morgan fingerprint density at radius 2 is 2.14 bits per heavy atom. The molecule has 1 saturated heterocycles. The average molecular weight is 417 g/mol. The van der Waals surface area contributed by atoms with Crippen molar-refractivity contribution in [1.29, 1.82) is 0 Å². The lowest BCUT2D eigenvalue weighted by molar-refractivity contribution is -0.129. The second kappa shape index (κ2) is 6.79. The summed E-state index contributed by atoms with van der Waals surface area (Å²) >= 11 is 3.68. The molecule has 0 saturated carbocycles. The SMILES string of the molecule is C#CC(I)N1C(=O)C(C)SC1c1ccc(OC)cc1OC. The number of halogens is 1. The first-order valence-electron chi connectivity index (χ1n) is 6.33. The van der Waals surface area contributed by atoms with Gasteiger partial charge in [0.1, 0.15) is 20.9 Å². The van der Waals surface area contributed by atoms with Crippen LogP contribution in [0.15, 0.2) is 18.2 Å². The third-order valence-electron chi connectivity index (χ3n) is 3.28. The molecule has 1 aliphatic heterocycles. The molecular formula is C15H16INO3S. The molecule has 0 aromatic heterocycles. The molecule has 4 nitrogen and oxygen atoms in total. The number of carbonyl (C=O) groups excluding carboxylic acids is 1. The highest BCUT2D eigenvalue weighted by Crippen LogP contribution is 2.48. The third-order valence-corrected chi connectivity index (χ3v) is 5.58. The number of methoxy groups -OCH3 is 2. The van der Waals surface area contributed by atoms with Gasteiger partial charge in [0.15, 0.2) is 0 Å². The zero-order chi connectivity index (χ0) is 15.6. The lowest BCUT2D eigenvalue weighted by Gasteiger charge is -2.27. The Morgan fingerprint density at radius 1 is 1.43 bits per heavy atom. The normalized spacial score (nSPS) is 22.8. The number of thioether (sulfide) groups is 1. The lowest BCUT2D eigenvalue weighted by atomic mass is 10.1. The Bertz CT molecular complexity index is 587. The molecule has 1 aromatic carbocycles. The monoisotopic (exact) mass is 417 g/mol. The van der Waals surface area contributed by atoms with Crippen LogP contribution in [0, 0.1) is 12.3 Å². The minimum Gasteiger partial charge on any atom is -0.497 e. The molecule has 112 valence electrons. The molecule has 3 atom stereocenters. The average Bonchev–Trinajstić information content (AvgIpc) is 2.81. The van der Waals surface area contributed by atoms with Gasteiger partial charge < -0.3 is 14.4 Å². The van der Waals surface area contributed by atoms with Gasteiger partial charge in [0.2, 0.25) is 5.91 Å². The number of nitrogens with zero attached hydrogens (tertiary/aromatic N) is 1. The van der Waals surface area contributed by atoms with Crippen molar-refractivity contribution in [1.82, 2.24) is 4.90 Å². The van der Waals surface area contributed by atoms with E-state index in [1.165, 1.54) is 0 Å². The molecule has 6 heteroatoms. The molecule has 0 aliphatic carbocycles. The smallest absolute Gasteiger partial charge is 0.238 e. The van der Waals surface area contributed by atoms with Crippen molar-refractivity contribution in [3.63, 3.8) is 0 Å². The number of amides is 1. The van der Waals surface area contributed by atoms with Gasteiger partial charge >= 0.3 is 0 Å². The second-order valence-electron chi connectivity index (χ2n) is 4.49. The first-order valence-corrected chi connectivity index (χ1v) is 8.52. The van der Waals surface area contributed by atoms with E-state index < -0.39 is 0 Å². The molecule has 0 radical (unpaired) electrons. The summed E-state index contributed by atoms with van der Waals surface area (Å²) in [5.41, 5.74) is 0.929. The van der Waals surface area contributed by atoms with E-state index in [-0.39, 0.29) is 20.6 Å². The van der Waals surface area contributed by atoms with Crippen molar-refractivity contribution in [3.8, 4) is 23.8 Å². The van der Waals surface area contributed by atoms with Crippen LogP contribution in [0.25, 0.3) is 0 Å². The standard InChI is InChI=1S/C15H16INO3S/c1-5-13(16)17-14(18)9(2)21-15(17)11-7-6-10(19-3)8-12(11)20-4/h1,6-9,13,15H,2-4H3. The predicted molar refractivity (Wildman–Crippen MR) is 92.8 cm³/mol. The highest BCUT2D eigenvalue weighted by Gasteiger charge is 2.42. The molecule has 0 spiro atoms. The van der Waals surface area contributed by atoms with Crippen LogP contribution in [-0.4, -0.2) is 34.3 Å². The van der Waals surface area contributed by atoms with Crippen LogP contribution in [0.2, 0.25) is 0 Å². The summed E-state index contributed by atoms with van der Waals surface area (Å²) in [7, 11) is 3.21. The Morgan fingerprint density at radius 3 is 2.71 bits per heavy atom. The van der Waals surface area contributed by atoms with Crippen molar-refractivity contribution in [2.24, 2.45) is 0 Å². The maximum absolute atomic E-state index is 12.4. The zero-order valence-corrected chi connectivity index (χ0v) is 15.0. The molecule has 1 aliphatic rings. The van der Waals surface area contributed by atoms with Gasteiger partial charge in [-0.2, -0.15) is 0 Å². The van der Waals surface area contributed by atoms with Crippen LogP contribution >= 0.6 is 34.4 Å². The minimum atomic E-state index is -0.288. The van der Waals surface area contributed by atoms with Crippen LogP contribution in [-0.2, 0) is 4.79 Å². The van der Waals surface area contributed by atoms with Gasteiger partial charge in [0.25, 0.3) is 0 Å². The van der Waals surface area contributed by atoms with Crippen molar-refractivity contribution in [3.05, 3.63) is 23.8 Å². The summed E-state index contributed by atoms with van der Waals surface area (Å²) in [4.78, 5) is 14.1. The Kier molecular flexibility index (Phi) is 5.27. The van der Waals surface area contributed by atoms with Crippen LogP contribution in [0.4, 0.5) is 0 Å². The maximum Gasteiger partial charge on any atom is 0.238 e. The molecule has 1 amide bonds. The largest absolute Gasteiger partial charge is 0.497 e. The quantitative estimate of drug-likeness (QED) is 0.327. The van der Waals surface area contributed by atoms with E-state index in [9.17, 15) is 4.79 Å². The molecule has 3 unspecified atom stereocenters. The molecule has 1 aromatic rings. The number of ether oxygens (including phenoxy) is 2. The fraction of sp³-hybridized carbons (Fsp3) is 0.400. The van der Waals surface area contributed by atoms with E-state index in [2.05, 4.69) is 28.5 Å². The second-order valence-corrected chi connectivity index (χ2v) is 7.09. The highest BCUT2D eigenvalue weighted by atomic mass is 127. The number of benzene rings is 1. The lowest BCUT2D eigenvalue weighted by Crippen LogP contribution is -2.35. The van der Waals surface area contributed by atoms with Crippen molar-refractivity contribution >= 4 is 40.3 Å². The number of alkyl halides is 1. The molecule has 0 bridgehead atoms. The highest BCUT2D eigenvalue weighted by molar-refractivity contribution is 14.1. The first-order chi connectivity index (χ1) is 10.0. The van der Waals surface area contributed by atoms with Crippen LogP contribution in [0.1, 0.15) is 17.9 Å². The predicted octanol–water partition coefficient (Wildman–Crippen LogP) is 3.06. The number of hydrogen-bond donors (Lipinski definition) is 0. The van der Waals surface area contributed by atoms with E-state index in [0.29, 0.717) is 11.5 Å². The van der Waals surface area contributed by atoms with E-state index in [0.717, 1.165) is 5.56 Å². The molecule has 1 heterocycles. The van der Waals surface area contributed by atoms with E-state index in [1.807, 2.05) is 25.1 Å². The van der Waals surface area contributed by atoms with Crippen LogP contribution in [0.5, 0.6) is 11.5 Å². The zero-order valence-electron chi connectivity index (χ0n) is 12.0. The Hall–Kier alpha value is -1.07. The van der Waals surface area contributed by atoms with E-state index >= 15 is 0 Å². The van der Waals surface area contributed by atoms with Crippen molar-refractivity contribution < 1.29 is 14.3 Å². The van der Waals surface area contributed by atoms with Crippen molar-refractivity contribution in [2.45, 2.75) is 21.6 Å². The molecule has 0 N–H and O–H groups in total. The van der Waals surface area contributed by atoms with Gasteiger partial charge in [-0.3, -0.25) is 4.79 Å². The number of carbonyl (C=O) groups is 1. The summed E-state index contributed by atoms with van der Waals surface area (Å²) in [6.07, 6.45) is 5.50. The van der Waals surface area contributed by atoms with Gasteiger partial charge in [0, 0.05) is 11.6 Å². The summed E-state index contributed by atoms with van der Waals surface area (Å²) < 4.78 is 10.4. The molecule has 21 heavy (non-hydrogen) atoms. The van der Waals surface area contributed by atoms with Gasteiger partial charge in [-0.25, -0.2) is 0 Å². The van der Waals surface area contributed by atoms with Crippen LogP contribution in [0.3, 0.4) is 0 Å². The Labute approximate surface area is 142 Å². The summed E-state index contributed by atoms with van der Waals surface area (Å²) in [6, 6.07) is 5.61. The van der Waals surface area contributed by atoms with Gasteiger partial charge in [-0.05, 0) is 41.6 Å². The number of hydrogen-bond acceptors (Lipinski definition) is 4. The van der Waals surface area contributed by atoms with Crippen LogP contribution < -0.4 is 9.47 Å². The van der Waals surface area contributed by atoms with Crippen molar-refractivity contribution in [2.75, 3.05) is 14.2 Å². The molecular weight excluding hydrogens is 401 g/mol. The third kappa shape index (κ3) is 3.09. The topological polar surface area (TPSA) is 38.8 Å². The summed E-state index contributed by atoms with van der Waals surface area (Å²) in [6.45, 7) is 1.90. The summed E-state index contributed by atoms with van der Waals surface area (Å²) in [5.74, 6) is 4.10.